The summed E-state index contributed by atoms with van der Waals surface area (Å²) in [4.78, 5) is 24.1. The summed E-state index contributed by atoms with van der Waals surface area (Å²) in [6.07, 6.45) is 1.05. The van der Waals surface area contributed by atoms with E-state index >= 15 is 0 Å². The molecule has 0 fully saturated rings. The molecule has 0 spiro atoms. The number of benzene rings is 3. The van der Waals surface area contributed by atoms with Crippen molar-refractivity contribution >= 4 is 46.9 Å². The number of ether oxygens (including phenoxy) is 2. The number of amides is 2. The molecule has 9 heteroatoms. The van der Waals surface area contributed by atoms with Gasteiger partial charge in [-0.05, 0) is 61.4 Å². The number of aryl methyl sites for hydroxylation is 1. The molecule has 0 aliphatic heterocycles. The fourth-order valence-electron chi connectivity index (χ4n) is 2.98. The summed E-state index contributed by atoms with van der Waals surface area (Å²) in [5, 5.41) is 7.17. The van der Waals surface area contributed by atoms with E-state index in [1.165, 1.54) is 17.8 Å². The lowest BCUT2D eigenvalue weighted by atomic mass is 10.2. The smallest absolute Gasteiger partial charge is 0.249 e. The average molecular weight is 514 g/mol. The Morgan fingerprint density at radius 2 is 1.69 bits per heavy atom. The predicted molar refractivity (Wildman–Crippen MR) is 139 cm³/mol. The quantitative estimate of drug-likeness (QED) is 0.205. The van der Waals surface area contributed by atoms with E-state index in [-0.39, 0.29) is 0 Å². The number of hydrazone groups is 1. The van der Waals surface area contributed by atoms with Crippen LogP contribution in [-0.4, -0.2) is 24.6 Å². The molecule has 0 saturated carbocycles. The molecule has 0 aliphatic rings. The molecule has 0 atom stereocenters. The van der Waals surface area contributed by atoms with E-state index in [0.29, 0.717) is 46.0 Å². The molecule has 2 amide bonds. The molecular weight excluding hydrogens is 489 g/mol. The SMILES string of the molecule is CCOc1cc(C=NNC(=O)CC(=O)Nc2ccc(Cl)c(Cl)c2)ccc1OCc1ccc(C)cc1. The van der Waals surface area contributed by atoms with Gasteiger partial charge in [0.1, 0.15) is 13.0 Å². The van der Waals surface area contributed by atoms with E-state index in [0.717, 1.165) is 5.56 Å². The monoisotopic (exact) mass is 513 g/mol. The maximum Gasteiger partial charge on any atom is 0.249 e. The second-order valence-electron chi connectivity index (χ2n) is 7.56. The maximum atomic E-state index is 12.1. The third-order valence-electron chi connectivity index (χ3n) is 4.71. The topological polar surface area (TPSA) is 89.0 Å². The van der Waals surface area contributed by atoms with Crippen molar-refractivity contribution in [1.82, 2.24) is 5.43 Å². The average Bonchev–Trinajstić information content (AvgIpc) is 2.82. The van der Waals surface area contributed by atoms with E-state index in [4.69, 9.17) is 32.7 Å². The van der Waals surface area contributed by atoms with Gasteiger partial charge in [-0.15, -0.1) is 0 Å². The van der Waals surface area contributed by atoms with Crippen LogP contribution in [0.2, 0.25) is 10.0 Å². The Balaban J connectivity index is 1.53. The number of carbonyl (C=O) groups excluding carboxylic acids is 2. The highest BCUT2D eigenvalue weighted by Crippen LogP contribution is 2.29. The number of anilines is 1. The fraction of sp³-hybridized carbons (Fsp3) is 0.192. The van der Waals surface area contributed by atoms with Crippen molar-refractivity contribution in [3.05, 3.63) is 87.4 Å². The van der Waals surface area contributed by atoms with Crippen LogP contribution in [0.15, 0.2) is 65.8 Å². The molecule has 0 radical (unpaired) electrons. The summed E-state index contributed by atoms with van der Waals surface area (Å²) < 4.78 is 11.6. The Kier molecular flexibility index (Phi) is 9.52. The lowest BCUT2D eigenvalue weighted by molar-refractivity contribution is -0.126. The van der Waals surface area contributed by atoms with Crippen molar-refractivity contribution < 1.29 is 19.1 Å². The predicted octanol–water partition coefficient (Wildman–Crippen LogP) is 5.76. The maximum absolute atomic E-state index is 12.1. The third-order valence-corrected chi connectivity index (χ3v) is 5.45. The molecule has 3 aromatic carbocycles. The number of carbonyl (C=O) groups is 2. The summed E-state index contributed by atoms with van der Waals surface area (Å²) in [7, 11) is 0. The van der Waals surface area contributed by atoms with Crippen molar-refractivity contribution in [1.29, 1.82) is 0 Å². The normalized spacial score (nSPS) is 10.7. The molecular formula is C26H25Cl2N3O4. The highest BCUT2D eigenvalue weighted by atomic mass is 35.5. The van der Waals surface area contributed by atoms with Crippen LogP contribution in [0.1, 0.15) is 30.0 Å². The Hall–Kier alpha value is -3.55. The van der Waals surface area contributed by atoms with E-state index in [9.17, 15) is 9.59 Å². The first-order valence-corrected chi connectivity index (χ1v) is 11.6. The summed E-state index contributed by atoms with van der Waals surface area (Å²) >= 11 is 11.8. The van der Waals surface area contributed by atoms with Gasteiger partial charge in [0.05, 0.1) is 22.9 Å². The number of nitrogens with one attached hydrogen (secondary N) is 2. The van der Waals surface area contributed by atoms with Gasteiger partial charge < -0.3 is 14.8 Å². The molecule has 2 N–H and O–H groups in total. The molecule has 0 unspecified atom stereocenters. The zero-order chi connectivity index (χ0) is 25.2. The van der Waals surface area contributed by atoms with Crippen LogP contribution in [0.4, 0.5) is 5.69 Å². The van der Waals surface area contributed by atoms with Gasteiger partial charge in [-0.2, -0.15) is 5.10 Å². The van der Waals surface area contributed by atoms with Gasteiger partial charge in [-0.3, -0.25) is 9.59 Å². The molecule has 3 rings (SSSR count). The molecule has 35 heavy (non-hydrogen) atoms. The van der Waals surface area contributed by atoms with Crippen molar-refractivity contribution in [3.63, 3.8) is 0 Å². The molecule has 0 saturated heterocycles. The van der Waals surface area contributed by atoms with Crippen LogP contribution < -0.4 is 20.2 Å². The van der Waals surface area contributed by atoms with Crippen molar-refractivity contribution in [2.45, 2.75) is 26.9 Å². The molecule has 0 bridgehead atoms. The van der Waals surface area contributed by atoms with Crippen LogP contribution in [0.5, 0.6) is 11.5 Å². The van der Waals surface area contributed by atoms with Crippen LogP contribution in [0, 0.1) is 6.92 Å². The number of nitrogens with zero attached hydrogens (tertiary/aromatic N) is 1. The van der Waals surface area contributed by atoms with Crippen LogP contribution in [-0.2, 0) is 16.2 Å². The molecule has 0 heterocycles. The first kappa shape index (κ1) is 26.1. The number of hydrogen-bond acceptors (Lipinski definition) is 5. The van der Waals surface area contributed by atoms with Gasteiger partial charge in [0.25, 0.3) is 0 Å². The minimum Gasteiger partial charge on any atom is -0.490 e. The molecule has 0 aromatic heterocycles. The second kappa shape index (κ2) is 12.8. The highest BCUT2D eigenvalue weighted by Gasteiger charge is 2.10. The fourth-order valence-corrected chi connectivity index (χ4v) is 3.28. The minimum atomic E-state index is -0.568. The van der Waals surface area contributed by atoms with Gasteiger partial charge in [0, 0.05) is 5.69 Å². The van der Waals surface area contributed by atoms with Gasteiger partial charge in [0.2, 0.25) is 11.8 Å². The molecule has 3 aromatic rings. The van der Waals surface area contributed by atoms with E-state index in [2.05, 4.69) is 15.8 Å². The van der Waals surface area contributed by atoms with E-state index in [1.54, 1.807) is 30.3 Å². The summed E-state index contributed by atoms with van der Waals surface area (Å²) in [6.45, 7) is 4.79. The van der Waals surface area contributed by atoms with Crippen LogP contribution in [0.25, 0.3) is 0 Å². The number of rotatable bonds is 10. The first-order valence-electron chi connectivity index (χ1n) is 10.9. The largest absolute Gasteiger partial charge is 0.490 e. The summed E-state index contributed by atoms with van der Waals surface area (Å²) in [5.74, 6) is 0.0927. The Morgan fingerprint density at radius 3 is 2.40 bits per heavy atom. The summed E-state index contributed by atoms with van der Waals surface area (Å²) in [6, 6.07) is 18.1. The Labute approximate surface area is 214 Å². The first-order chi connectivity index (χ1) is 16.8. The van der Waals surface area contributed by atoms with Gasteiger partial charge >= 0.3 is 0 Å². The van der Waals surface area contributed by atoms with Gasteiger partial charge in [-0.1, -0.05) is 53.0 Å². The van der Waals surface area contributed by atoms with E-state index in [1.807, 2.05) is 38.1 Å². The Morgan fingerprint density at radius 1 is 0.914 bits per heavy atom. The molecule has 7 nitrogen and oxygen atoms in total. The highest BCUT2D eigenvalue weighted by molar-refractivity contribution is 6.42. The lowest BCUT2D eigenvalue weighted by Gasteiger charge is -2.12. The van der Waals surface area contributed by atoms with E-state index < -0.39 is 18.2 Å². The Bertz CT molecular complexity index is 1210. The zero-order valence-electron chi connectivity index (χ0n) is 19.3. The van der Waals surface area contributed by atoms with Crippen molar-refractivity contribution in [2.75, 3.05) is 11.9 Å². The number of halogens is 2. The lowest BCUT2D eigenvalue weighted by Crippen LogP contribution is -2.24. The van der Waals surface area contributed by atoms with Crippen molar-refractivity contribution in [2.24, 2.45) is 5.10 Å². The van der Waals surface area contributed by atoms with Crippen LogP contribution in [0.3, 0.4) is 0 Å². The van der Waals surface area contributed by atoms with Gasteiger partial charge in [0.15, 0.2) is 11.5 Å². The number of hydrogen-bond donors (Lipinski definition) is 2. The third kappa shape index (κ3) is 8.31. The second-order valence-corrected chi connectivity index (χ2v) is 8.37. The summed E-state index contributed by atoms with van der Waals surface area (Å²) in [5.41, 5.74) is 5.70. The van der Waals surface area contributed by atoms with Crippen LogP contribution >= 0.6 is 23.2 Å². The standard InChI is InChI=1S/C26H25Cl2N3O4/c1-3-34-24-12-19(8-11-23(24)35-16-18-6-4-17(2)5-7-18)15-29-31-26(33)14-25(32)30-20-9-10-21(27)22(28)13-20/h4-13,15H,3,14,16H2,1-2H3,(H,30,32)(H,31,33). The minimum absolute atomic E-state index is 0.302. The zero-order valence-corrected chi connectivity index (χ0v) is 20.8. The van der Waals surface area contributed by atoms with Crippen molar-refractivity contribution in [3.8, 4) is 11.5 Å². The molecule has 182 valence electrons. The van der Waals surface area contributed by atoms with Gasteiger partial charge in [-0.25, -0.2) is 5.43 Å². The molecule has 0 aliphatic carbocycles.